The van der Waals surface area contributed by atoms with Crippen molar-refractivity contribution in [1.82, 2.24) is 4.90 Å². The van der Waals surface area contributed by atoms with Crippen LogP contribution in [0.5, 0.6) is 0 Å². The molecule has 1 rings (SSSR count). The number of nitrogens with two attached hydrogens (primary N) is 1. The Hall–Kier alpha value is -1.50. The molecule has 0 aliphatic rings. The Balaban J connectivity index is 2.95. The number of halogens is 3. The van der Waals surface area contributed by atoms with Gasteiger partial charge in [-0.15, -0.1) is 0 Å². The van der Waals surface area contributed by atoms with Gasteiger partial charge in [-0.2, -0.15) is 13.2 Å². The average Bonchev–Trinajstić information content (AvgIpc) is 2.87. The summed E-state index contributed by atoms with van der Waals surface area (Å²) in [5.41, 5.74) is 4.62. The van der Waals surface area contributed by atoms with Crippen LogP contribution < -0.4 is 5.73 Å². The molecule has 0 saturated carbocycles. The van der Waals surface area contributed by atoms with E-state index in [4.69, 9.17) is 10.2 Å². The van der Waals surface area contributed by atoms with E-state index in [1.165, 1.54) is 12.3 Å². The molecule has 1 aromatic heterocycles. The lowest BCUT2D eigenvalue weighted by Crippen LogP contribution is -2.56. The third-order valence-corrected chi connectivity index (χ3v) is 3.27. The molecule has 0 saturated heterocycles. The molecule has 0 spiro atoms. The number of amides is 1. The largest absolute Gasteiger partial charge is 0.467 e. The molecule has 0 bridgehead atoms. The summed E-state index contributed by atoms with van der Waals surface area (Å²) in [6.45, 7) is 1.77. The molecule has 0 unspecified atom stereocenters. The molecule has 0 aliphatic carbocycles. The summed E-state index contributed by atoms with van der Waals surface area (Å²) >= 11 is 0. The average molecular weight is 292 g/mol. The maximum absolute atomic E-state index is 12.6. The van der Waals surface area contributed by atoms with Crippen LogP contribution in [-0.4, -0.2) is 29.1 Å². The van der Waals surface area contributed by atoms with E-state index in [0.29, 0.717) is 4.90 Å². The Morgan fingerprint density at radius 2 is 1.95 bits per heavy atom. The minimum Gasteiger partial charge on any atom is -0.467 e. The van der Waals surface area contributed by atoms with Crippen molar-refractivity contribution >= 4 is 5.91 Å². The first-order valence-electron chi connectivity index (χ1n) is 6.39. The summed E-state index contributed by atoms with van der Waals surface area (Å²) in [6, 6.07) is 3.08. The van der Waals surface area contributed by atoms with E-state index in [1.54, 1.807) is 19.9 Å². The Bertz CT molecular complexity index is 425. The first-order chi connectivity index (χ1) is 9.22. The summed E-state index contributed by atoms with van der Waals surface area (Å²) in [5.74, 6) is -0.423. The van der Waals surface area contributed by atoms with Crippen molar-refractivity contribution in [3.8, 4) is 0 Å². The second kappa shape index (κ2) is 6.30. The van der Waals surface area contributed by atoms with Crippen molar-refractivity contribution in [2.24, 2.45) is 5.73 Å². The van der Waals surface area contributed by atoms with Gasteiger partial charge in [0.15, 0.2) is 0 Å². The van der Waals surface area contributed by atoms with Crippen LogP contribution in [0.1, 0.15) is 32.4 Å². The summed E-state index contributed by atoms with van der Waals surface area (Å²) in [7, 11) is 0. The van der Waals surface area contributed by atoms with Crippen LogP contribution in [0, 0.1) is 0 Å². The number of rotatable bonds is 6. The fourth-order valence-electron chi connectivity index (χ4n) is 1.87. The molecule has 7 heteroatoms. The number of carbonyl (C=O) groups excluding carboxylic acids is 1. The molecule has 20 heavy (non-hydrogen) atoms. The minimum absolute atomic E-state index is 0.246. The summed E-state index contributed by atoms with van der Waals surface area (Å²) < 4.78 is 42.9. The second-order valence-corrected chi connectivity index (χ2v) is 4.72. The predicted molar refractivity (Wildman–Crippen MR) is 67.7 cm³/mol. The van der Waals surface area contributed by atoms with Gasteiger partial charge >= 0.3 is 6.18 Å². The molecule has 0 radical (unpaired) electrons. The van der Waals surface area contributed by atoms with Gasteiger partial charge in [0.05, 0.1) is 18.3 Å². The summed E-state index contributed by atoms with van der Waals surface area (Å²) in [4.78, 5) is 13.0. The van der Waals surface area contributed by atoms with Gasteiger partial charge in [-0.1, -0.05) is 13.8 Å². The number of alkyl halides is 3. The molecule has 1 heterocycles. The van der Waals surface area contributed by atoms with E-state index in [1.807, 2.05) is 0 Å². The standard InChI is InChI=1S/C13H19F3N2O2/c1-3-12(17,4-2)11(19)18(9-13(14,15)16)8-10-6-5-7-20-10/h5-7H,3-4,8-9,17H2,1-2H3. The van der Waals surface area contributed by atoms with Crippen LogP contribution in [-0.2, 0) is 11.3 Å². The molecular weight excluding hydrogens is 273 g/mol. The van der Waals surface area contributed by atoms with Gasteiger partial charge in [-0.05, 0) is 25.0 Å². The highest BCUT2D eigenvalue weighted by Gasteiger charge is 2.40. The highest BCUT2D eigenvalue weighted by molar-refractivity contribution is 5.86. The lowest BCUT2D eigenvalue weighted by Gasteiger charge is -2.33. The Morgan fingerprint density at radius 1 is 1.35 bits per heavy atom. The van der Waals surface area contributed by atoms with Crippen molar-refractivity contribution in [3.05, 3.63) is 24.2 Å². The zero-order valence-electron chi connectivity index (χ0n) is 11.5. The van der Waals surface area contributed by atoms with Crippen LogP contribution in [0.25, 0.3) is 0 Å². The lowest BCUT2D eigenvalue weighted by atomic mass is 9.92. The van der Waals surface area contributed by atoms with Gasteiger partial charge in [0.1, 0.15) is 12.3 Å². The predicted octanol–water partition coefficient (Wildman–Crippen LogP) is 2.69. The topological polar surface area (TPSA) is 59.5 Å². The Kier molecular flexibility index (Phi) is 5.21. The van der Waals surface area contributed by atoms with Gasteiger partial charge < -0.3 is 15.1 Å². The lowest BCUT2D eigenvalue weighted by molar-refractivity contribution is -0.166. The van der Waals surface area contributed by atoms with Crippen molar-refractivity contribution in [2.45, 2.75) is 44.9 Å². The van der Waals surface area contributed by atoms with E-state index < -0.39 is 24.2 Å². The van der Waals surface area contributed by atoms with Crippen LogP contribution in [0.15, 0.2) is 22.8 Å². The van der Waals surface area contributed by atoms with Gasteiger partial charge in [0, 0.05) is 0 Å². The number of furan rings is 1. The Labute approximate surface area is 115 Å². The first kappa shape index (κ1) is 16.6. The smallest absolute Gasteiger partial charge is 0.406 e. The monoisotopic (exact) mass is 292 g/mol. The Morgan fingerprint density at radius 3 is 2.35 bits per heavy atom. The van der Waals surface area contributed by atoms with E-state index in [0.717, 1.165) is 0 Å². The number of carbonyl (C=O) groups is 1. The highest BCUT2D eigenvalue weighted by atomic mass is 19.4. The van der Waals surface area contributed by atoms with Gasteiger partial charge in [0.25, 0.3) is 0 Å². The number of nitrogens with zero attached hydrogens (tertiary/aromatic N) is 1. The zero-order chi connectivity index (χ0) is 15.4. The summed E-state index contributed by atoms with van der Waals surface area (Å²) in [6.07, 6.45) is -2.59. The van der Waals surface area contributed by atoms with Gasteiger partial charge in [-0.25, -0.2) is 0 Å². The van der Waals surface area contributed by atoms with Crippen LogP contribution >= 0.6 is 0 Å². The molecular formula is C13H19F3N2O2. The molecule has 1 aromatic rings. The van der Waals surface area contributed by atoms with Crippen molar-refractivity contribution in [3.63, 3.8) is 0 Å². The molecule has 0 aromatic carbocycles. The van der Waals surface area contributed by atoms with Crippen molar-refractivity contribution < 1.29 is 22.4 Å². The third-order valence-electron chi connectivity index (χ3n) is 3.27. The maximum Gasteiger partial charge on any atom is 0.406 e. The van der Waals surface area contributed by atoms with E-state index in [2.05, 4.69) is 0 Å². The fraction of sp³-hybridized carbons (Fsp3) is 0.615. The minimum atomic E-state index is -4.48. The molecule has 2 N–H and O–H groups in total. The van der Waals surface area contributed by atoms with Crippen molar-refractivity contribution in [2.75, 3.05) is 6.54 Å². The van der Waals surface area contributed by atoms with E-state index >= 15 is 0 Å². The van der Waals surface area contributed by atoms with Crippen LogP contribution in [0.3, 0.4) is 0 Å². The zero-order valence-corrected chi connectivity index (χ0v) is 11.5. The normalized spacial score (nSPS) is 12.5. The van der Waals surface area contributed by atoms with Crippen LogP contribution in [0.2, 0.25) is 0 Å². The quantitative estimate of drug-likeness (QED) is 0.877. The number of hydrogen-bond donors (Lipinski definition) is 1. The second-order valence-electron chi connectivity index (χ2n) is 4.72. The molecule has 4 nitrogen and oxygen atoms in total. The molecule has 0 atom stereocenters. The fourth-order valence-corrected chi connectivity index (χ4v) is 1.87. The number of hydrogen-bond acceptors (Lipinski definition) is 3. The molecule has 114 valence electrons. The van der Waals surface area contributed by atoms with Gasteiger partial charge in [-0.3, -0.25) is 4.79 Å². The maximum atomic E-state index is 12.6. The SMILES string of the molecule is CCC(N)(CC)C(=O)N(Cc1ccco1)CC(F)(F)F. The highest BCUT2D eigenvalue weighted by Crippen LogP contribution is 2.23. The molecule has 1 amide bonds. The third kappa shape index (κ3) is 4.26. The summed E-state index contributed by atoms with van der Waals surface area (Å²) in [5, 5.41) is 0. The van der Waals surface area contributed by atoms with Crippen molar-refractivity contribution in [1.29, 1.82) is 0 Å². The van der Waals surface area contributed by atoms with E-state index in [9.17, 15) is 18.0 Å². The first-order valence-corrected chi connectivity index (χ1v) is 6.39. The van der Waals surface area contributed by atoms with Crippen LogP contribution in [0.4, 0.5) is 13.2 Å². The van der Waals surface area contributed by atoms with E-state index in [-0.39, 0.29) is 25.1 Å². The molecule has 0 fully saturated rings. The van der Waals surface area contributed by atoms with Gasteiger partial charge in [0.2, 0.25) is 5.91 Å². The molecule has 0 aliphatic heterocycles.